The number of hydrogen-bond donors (Lipinski definition) is 2. The molecule has 2 aromatic carbocycles. The van der Waals surface area contributed by atoms with E-state index in [4.69, 9.17) is 10.8 Å². The van der Waals surface area contributed by atoms with Gasteiger partial charge in [-0.25, -0.2) is 0 Å². The van der Waals surface area contributed by atoms with Gasteiger partial charge < -0.3 is 5.43 Å². The summed E-state index contributed by atoms with van der Waals surface area (Å²) in [4.78, 5) is 5.00. The predicted octanol–water partition coefficient (Wildman–Crippen LogP) is 4.33. The molecule has 3 aromatic rings. The highest BCUT2D eigenvalue weighted by atomic mass is 15.2. The molecule has 0 aliphatic heterocycles. The fourth-order valence-electron chi connectivity index (χ4n) is 3.53. The smallest absolute Gasteiger partial charge is 0.0805 e. The summed E-state index contributed by atoms with van der Waals surface area (Å²) < 4.78 is 0. The average molecular weight is 277 g/mol. The van der Waals surface area contributed by atoms with Crippen molar-refractivity contribution in [2.75, 3.05) is 5.43 Å². The second-order valence-electron chi connectivity index (χ2n) is 5.90. The highest BCUT2D eigenvalue weighted by Gasteiger charge is 2.20. The van der Waals surface area contributed by atoms with E-state index in [-0.39, 0.29) is 0 Å². The Bertz CT molecular complexity index is 804. The number of pyridine rings is 1. The summed E-state index contributed by atoms with van der Waals surface area (Å²) in [6, 6.07) is 14.8. The fraction of sp³-hybridized carbons (Fsp3) is 0.278. The minimum Gasteiger partial charge on any atom is -0.323 e. The molecule has 106 valence electrons. The third-order valence-electron chi connectivity index (χ3n) is 4.65. The van der Waals surface area contributed by atoms with Crippen LogP contribution in [-0.4, -0.2) is 4.98 Å². The van der Waals surface area contributed by atoms with E-state index in [1.54, 1.807) is 0 Å². The first kappa shape index (κ1) is 12.6. The lowest BCUT2D eigenvalue weighted by Crippen LogP contribution is -2.09. The zero-order valence-corrected chi connectivity index (χ0v) is 12.0. The highest BCUT2D eigenvalue weighted by Crippen LogP contribution is 2.37. The Labute approximate surface area is 124 Å². The maximum atomic E-state index is 5.75. The molecule has 1 aliphatic carbocycles. The SMILES string of the molecule is NNc1cc(C2CCCC2)nc2c1ccc1ccccc12. The molecule has 1 aromatic heterocycles. The van der Waals surface area contributed by atoms with Crippen molar-refractivity contribution < 1.29 is 0 Å². The standard InChI is InChI=1S/C18H19N3/c19-21-17-11-16(13-6-1-2-7-13)20-18-14-8-4-3-5-12(14)9-10-15(17)18/h3-5,8-11,13H,1-2,6-7,19H2,(H,20,21). The molecular weight excluding hydrogens is 258 g/mol. The predicted molar refractivity (Wildman–Crippen MR) is 88.3 cm³/mol. The summed E-state index contributed by atoms with van der Waals surface area (Å²) in [5.41, 5.74) is 6.08. The van der Waals surface area contributed by atoms with Gasteiger partial charge in [-0.05, 0) is 24.3 Å². The summed E-state index contributed by atoms with van der Waals surface area (Å²) >= 11 is 0. The van der Waals surface area contributed by atoms with Crippen LogP contribution in [0.15, 0.2) is 42.5 Å². The van der Waals surface area contributed by atoms with E-state index in [9.17, 15) is 0 Å². The monoisotopic (exact) mass is 277 g/mol. The number of nitrogen functional groups attached to an aromatic ring is 1. The molecule has 3 N–H and O–H groups in total. The van der Waals surface area contributed by atoms with Gasteiger partial charge in [0.1, 0.15) is 0 Å². The first-order chi connectivity index (χ1) is 10.4. The van der Waals surface area contributed by atoms with Gasteiger partial charge in [0.05, 0.1) is 11.2 Å². The zero-order chi connectivity index (χ0) is 14.2. The van der Waals surface area contributed by atoms with E-state index in [0.717, 1.165) is 16.6 Å². The molecule has 1 heterocycles. The molecule has 0 spiro atoms. The topological polar surface area (TPSA) is 50.9 Å². The lowest BCUT2D eigenvalue weighted by molar-refractivity contribution is 0.701. The lowest BCUT2D eigenvalue weighted by atomic mass is 9.99. The molecule has 1 saturated carbocycles. The van der Waals surface area contributed by atoms with Gasteiger partial charge in [0.2, 0.25) is 0 Å². The number of nitrogens with one attached hydrogen (secondary N) is 1. The molecule has 0 amide bonds. The van der Waals surface area contributed by atoms with E-state index < -0.39 is 0 Å². The Morgan fingerprint density at radius 1 is 1.00 bits per heavy atom. The van der Waals surface area contributed by atoms with Crippen LogP contribution in [-0.2, 0) is 0 Å². The first-order valence-corrected chi connectivity index (χ1v) is 7.66. The van der Waals surface area contributed by atoms with Crippen LogP contribution in [0.25, 0.3) is 21.7 Å². The van der Waals surface area contributed by atoms with E-state index in [1.807, 2.05) is 0 Å². The average Bonchev–Trinajstić information content (AvgIpc) is 3.08. The Kier molecular flexibility index (Phi) is 3.00. The number of aromatic nitrogens is 1. The minimum absolute atomic E-state index is 0.584. The molecule has 3 heteroatoms. The number of hydrogen-bond acceptors (Lipinski definition) is 3. The van der Waals surface area contributed by atoms with Crippen molar-refractivity contribution in [1.82, 2.24) is 4.98 Å². The molecule has 0 bridgehead atoms. The van der Waals surface area contributed by atoms with Crippen LogP contribution >= 0.6 is 0 Å². The van der Waals surface area contributed by atoms with Crippen LogP contribution in [0, 0.1) is 0 Å². The van der Waals surface area contributed by atoms with Gasteiger partial charge in [0, 0.05) is 22.4 Å². The van der Waals surface area contributed by atoms with Crippen molar-refractivity contribution >= 4 is 27.4 Å². The van der Waals surface area contributed by atoms with Crippen molar-refractivity contribution in [3.05, 3.63) is 48.2 Å². The quantitative estimate of drug-likeness (QED) is 0.416. The van der Waals surface area contributed by atoms with Crippen LogP contribution < -0.4 is 11.3 Å². The molecule has 1 fully saturated rings. The van der Waals surface area contributed by atoms with Gasteiger partial charge in [-0.3, -0.25) is 10.8 Å². The molecule has 0 atom stereocenters. The van der Waals surface area contributed by atoms with Crippen molar-refractivity contribution in [1.29, 1.82) is 0 Å². The van der Waals surface area contributed by atoms with Crippen molar-refractivity contribution in [2.24, 2.45) is 5.84 Å². The summed E-state index contributed by atoms with van der Waals surface area (Å²) in [7, 11) is 0. The van der Waals surface area contributed by atoms with Gasteiger partial charge in [-0.1, -0.05) is 49.2 Å². The van der Waals surface area contributed by atoms with Crippen LogP contribution in [0.2, 0.25) is 0 Å². The van der Waals surface area contributed by atoms with Crippen LogP contribution in [0.5, 0.6) is 0 Å². The zero-order valence-electron chi connectivity index (χ0n) is 12.0. The third kappa shape index (κ3) is 2.05. The second kappa shape index (κ2) is 5.01. The second-order valence-corrected chi connectivity index (χ2v) is 5.90. The molecule has 0 saturated heterocycles. The number of rotatable bonds is 2. The number of nitrogens with two attached hydrogens (primary N) is 1. The van der Waals surface area contributed by atoms with Crippen LogP contribution in [0.1, 0.15) is 37.3 Å². The first-order valence-electron chi connectivity index (χ1n) is 7.66. The van der Waals surface area contributed by atoms with Gasteiger partial charge >= 0.3 is 0 Å². The van der Waals surface area contributed by atoms with Gasteiger partial charge in [0.15, 0.2) is 0 Å². The van der Waals surface area contributed by atoms with Crippen molar-refractivity contribution in [3.8, 4) is 0 Å². The Balaban J connectivity index is 2.03. The summed E-state index contributed by atoms with van der Waals surface area (Å²) in [6.45, 7) is 0. The van der Waals surface area contributed by atoms with E-state index in [2.05, 4.69) is 47.9 Å². The Morgan fingerprint density at radius 3 is 2.62 bits per heavy atom. The van der Waals surface area contributed by atoms with Crippen molar-refractivity contribution in [3.63, 3.8) is 0 Å². The molecule has 21 heavy (non-hydrogen) atoms. The molecule has 3 nitrogen and oxygen atoms in total. The minimum atomic E-state index is 0.584. The number of nitrogens with zero attached hydrogens (tertiary/aromatic N) is 1. The van der Waals surface area contributed by atoms with Crippen molar-refractivity contribution in [2.45, 2.75) is 31.6 Å². The molecule has 0 radical (unpaired) electrons. The van der Waals surface area contributed by atoms with Crippen LogP contribution in [0.3, 0.4) is 0 Å². The van der Waals surface area contributed by atoms with Crippen LogP contribution in [0.4, 0.5) is 5.69 Å². The Morgan fingerprint density at radius 2 is 1.81 bits per heavy atom. The van der Waals surface area contributed by atoms with E-state index in [0.29, 0.717) is 5.92 Å². The summed E-state index contributed by atoms with van der Waals surface area (Å²) in [6.07, 6.45) is 5.11. The van der Waals surface area contributed by atoms with E-state index >= 15 is 0 Å². The molecule has 0 unspecified atom stereocenters. The third-order valence-corrected chi connectivity index (χ3v) is 4.65. The Hall–Kier alpha value is -2.13. The number of benzene rings is 2. The van der Waals surface area contributed by atoms with Gasteiger partial charge in [0.25, 0.3) is 0 Å². The molecule has 1 aliphatic rings. The molecular formula is C18H19N3. The largest absolute Gasteiger partial charge is 0.323 e. The maximum Gasteiger partial charge on any atom is 0.0805 e. The lowest BCUT2D eigenvalue weighted by Gasteiger charge is -2.14. The summed E-state index contributed by atoms with van der Waals surface area (Å²) in [5, 5.41) is 3.52. The number of anilines is 1. The van der Waals surface area contributed by atoms with E-state index in [1.165, 1.54) is 42.1 Å². The van der Waals surface area contributed by atoms with Gasteiger partial charge in [-0.2, -0.15) is 0 Å². The van der Waals surface area contributed by atoms with Gasteiger partial charge in [-0.15, -0.1) is 0 Å². The normalized spacial score (nSPS) is 15.9. The number of hydrazine groups is 1. The maximum absolute atomic E-state index is 5.75. The fourth-order valence-corrected chi connectivity index (χ4v) is 3.53. The number of fused-ring (bicyclic) bond motifs is 3. The highest BCUT2D eigenvalue weighted by molar-refractivity contribution is 6.09. The summed E-state index contributed by atoms with van der Waals surface area (Å²) in [5.74, 6) is 6.33. The molecule has 4 rings (SSSR count).